The van der Waals surface area contributed by atoms with Crippen molar-refractivity contribution < 1.29 is 23.5 Å². The molecule has 0 aliphatic heterocycles. The van der Waals surface area contributed by atoms with Gasteiger partial charge < -0.3 is 18.9 Å². The molecule has 2 rings (SSSR count). The van der Waals surface area contributed by atoms with Crippen LogP contribution in [-0.4, -0.2) is 31.8 Å². The summed E-state index contributed by atoms with van der Waals surface area (Å²) < 4.78 is 27.6. The van der Waals surface area contributed by atoms with Crippen LogP contribution in [0, 0.1) is 0 Å². The molecule has 0 radical (unpaired) electrons. The lowest BCUT2D eigenvalue weighted by molar-refractivity contribution is 0.146. The maximum absolute atomic E-state index is 12.1. The van der Waals surface area contributed by atoms with Gasteiger partial charge in [0.1, 0.15) is 12.4 Å². The number of ether oxygens (including phenoxy) is 2. The van der Waals surface area contributed by atoms with Gasteiger partial charge in [-0.2, -0.15) is 0 Å². The van der Waals surface area contributed by atoms with Crippen molar-refractivity contribution in [3.05, 3.63) is 59.7 Å². The zero-order valence-corrected chi connectivity index (χ0v) is 16.7. The first-order valence-corrected chi connectivity index (χ1v) is 10.2. The highest BCUT2D eigenvalue weighted by Crippen LogP contribution is 2.41. The first kappa shape index (κ1) is 20.7. The minimum absolute atomic E-state index is 0.194. The molecule has 0 aromatic heterocycles. The normalized spacial score (nSPS) is 14.0. The molecule has 1 atom stereocenters. The molecule has 0 amide bonds. The van der Waals surface area contributed by atoms with Crippen LogP contribution in [0.3, 0.4) is 0 Å². The van der Waals surface area contributed by atoms with Crippen molar-refractivity contribution in [2.24, 2.45) is 0 Å². The predicted octanol–water partition coefficient (Wildman–Crippen LogP) is 3.88. The van der Waals surface area contributed by atoms with Gasteiger partial charge in [0.25, 0.3) is 0 Å². The van der Waals surface area contributed by atoms with E-state index in [1.165, 1.54) is 0 Å². The maximum Gasteiger partial charge on any atom is 0.358 e. The van der Waals surface area contributed by atoms with Gasteiger partial charge in [0.15, 0.2) is 0 Å². The molecule has 142 valence electrons. The van der Waals surface area contributed by atoms with Crippen LogP contribution in [0.15, 0.2) is 48.5 Å². The van der Waals surface area contributed by atoms with E-state index in [2.05, 4.69) is 13.8 Å². The Morgan fingerprint density at radius 2 is 1.50 bits per heavy atom. The summed E-state index contributed by atoms with van der Waals surface area (Å²) in [6.45, 7) is 7.19. The minimum Gasteiger partial charge on any atom is -0.491 e. The van der Waals surface area contributed by atoms with Crippen LogP contribution in [0.2, 0.25) is 0 Å². The Hall–Kier alpha value is -1.65. The van der Waals surface area contributed by atoms with Crippen LogP contribution in [0.5, 0.6) is 5.75 Å². The molecule has 1 unspecified atom stereocenters. The van der Waals surface area contributed by atoms with E-state index in [9.17, 15) is 9.46 Å². The average Bonchev–Trinajstić information content (AvgIpc) is 2.62. The van der Waals surface area contributed by atoms with Gasteiger partial charge in [-0.3, -0.25) is 4.57 Å². The summed E-state index contributed by atoms with van der Waals surface area (Å²) in [5.74, 6) is 0.801. The van der Waals surface area contributed by atoms with E-state index in [4.69, 9.17) is 14.0 Å². The van der Waals surface area contributed by atoms with Crippen molar-refractivity contribution >= 4 is 12.9 Å². The van der Waals surface area contributed by atoms with Crippen molar-refractivity contribution in [2.75, 3.05) is 26.9 Å². The molecule has 0 aliphatic rings. The fraction of sp³-hybridized carbons (Fsp3) is 0.400. The van der Waals surface area contributed by atoms with E-state index in [0.29, 0.717) is 18.5 Å². The Labute approximate surface area is 155 Å². The highest BCUT2D eigenvalue weighted by atomic mass is 31.2. The second kappa shape index (κ2) is 8.83. The molecule has 0 heterocycles. The fourth-order valence-corrected chi connectivity index (χ4v) is 3.72. The van der Waals surface area contributed by atoms with Crippen molar-refractivity contribution in [1.29, 1.82) is 0 Å². The van der Waals surface area contributed by atoms with Crippen molar-refractivity contribution in [3.63, 3.8) is 0 Å². The van der Waals surface area contributed by atoms with Crippen LogP contribution in [0.25, 0.3) is 0 Å². The van der Waals surface area contributed by atoms with Crippen molar-refractivity contribution in [2.45, 2.75) is 26.2 Å². The number of benzene rings is 2. The zero-order valence-electron chi connectivity index (χ0n) is 15.8. The SMILES string of the molecule is CCOP(=O)(O)c1ccc(C(C)(C)c2ccc(OCCOC)cc2)cc1. The lowest BCUT2D eigenvalue weighted by atomic mass is 9.78. The number of hydrogen-bond donors (Lipinski definition) is 1. The van der Waals surface area contributed by atoms with Gasteiger partial charge in [-0.05, 0) is 42.3 Å². The summed E-state index contributed by atoms with van der Waals surface area (Å²) in [5.41, 5.74) is 1.92. The van der Waals surface area contributed by atoms with E-state index in [-0.39, 0.29) is 12.0 Å². The number of hydrogen-bond acceptors (Lipinski definition) is 4. The molecular weight excluding hydrogens is 351 g/mol. The molecule has 0 aliphatic carbocycles. The smallest absolute Gasteiger partial charge is 0.358 e. The lowest BCUT2D eigenvalue weighted by Gasteiger charge is -2.26. The Balaban J connectivity index is 2.17. The molecule has 0 bridgehead atoms. The third kappa shape index (κ3) is 4.95. The van der Waals surface area contributed by atoms with Gasteiger partial charge in [0.05, 0.1) is 18.5 Å². The Morgan fingerprint density at radius 3 is 2.00 bits per heavy atom. The van der Waals surface area contributed by atoms with E-state index in [0.717, 1.165) is 16.9 Å². The summed E-state index contributed by atoms with van der Waals surface area (Å²) in [5, 5.41) is 0.306. The first-order chi connectivity index (χ1) is 12.3. The molecular formula is C20H27O5P. The standard InChI is InChI=1S/C20H27O5P/c1-5-25-26(21,22)19-12-8-17(9-13-19)20(2,3)16-6-10-18(11-7-16)24-15-14-23-4/h6-13H,5,14-15H2,1-4H3,(H,21,22). The van der Waals surface area contributed by atoms with Crippen LogP contribution < -0.4 is 10.0 Å². The van der Waals surface area contributed by atoms with E-state index < -0.39 is 7.60 Å². The van der Waals surface area contributed by atoms with Gasteiger partial charge in [0, 0.05) is 12.5 Å². The quantitative estimate of drug-likeness (QED) is 0.530. The summed E-state index contributed by atoms with van der Waals surface area (Å²) in [6, 6.07) is 15.0. The van der Waals surface area contributed by atoms with Crippen molar-refractivity contribution in [1.82, 2.24) is 0 Å². The summed E-state index contributed by atoms with van der Waals surface area (Å²) in [4.78, 5) is 9.93. The second-order valence-electron chi connectivity index (χ2n) is 6.48. The van der Waals surface area contributed by atoms with Crippen LogP contribution in [-0.2, 0) is 19.2 Å². The summed E-state index contributed by atoms with van der Waals surface area (Å²) in [6.07, 6.45) is 0. The van der Waals surface area contributed by atoms with Gasteiger partial charge in [-0.15, -0.1) is 0 Å². The number of methoxy groups -OCH3 is 1. The third-order valence-electron chi connectivity index (χ3n) is 4.35. The minimum atomic E-state index is -3.74. The first-order valence-electron chi connectivity index (χ1n) is 8.62. The molecule has 0 saturated carbocycles. The molecule has 0 fully saturated rings. The van der Waals surface area contributed by atoms with Crippen molar-refractivity contribution in [3.8, 4) is 5.75 Å². The van der Waals surface area contributed by atoms with E-state index in [1.54, 1.807) is 26.2 Å². The monoisotopic (exact) mass is 378 g/mol. The Bertz CT molecular complexity index is 738. The third-order valence-corrected chi connectivity index (χ3v) is 5.91. The molecule has 0 spiro atoms. The molecule has 6 heteroatoms. The fourth-order valence-electron chi connectivity index (χ4n) is 2.69. The van der Waals surface area contributed by atoms with Gasteiger partial charge in [-0.1, -0.05) is 38.1 Å². The van der Waals surface area contributed by atoms with Gasteiger partial charge in [-0.25, -0.2) is 0 Å². The lowest BCUT2D eigenvalue weighted by Crippen LogP contribution is -2.20. The van der Waals surface area contributed by atoms with E-state index >= 15 is 0 Å². The molecule has 2 aromatic carbocycles. The molecule has 26 heavy (non-hydrogen) atoms. The predicted molar refractivity (Wildman–Crippen MR) is 103 cm³/mol. The zero-order chi connectivity index (χ0) is 19.2. The number of rotatable bonds is 9. The second-order valence-corrected chi connectivity index (χ2v) is 8.29. The van der Waals surface area contributed by atoms with Gasteiger partial charge in [0.2, 0.25) is 0 Å². The Kier molecular flexibility index (Phi) is 7.01. The summed E-state index contributed by atoms with van der Waals surface area (Å²) in [7, 11) is -2.09. The van der Waals surface area contributed by atoms with E-state index in [1.807, 2.05) is 36.4 Å². The molecule has 0 saturated heterocycles. The summed E-state index contributed by atoms with van der Waals surface area (Å²) >= 11 is 0. The highest BCUT2D eigenvalue weighted by molar-refractivity contribution is 7.61. The molecule has 1 N–H and O–H groups in total. The van der Waals surface area contributed by atoms with Crippen LogP contribution in [0.1, 0.15) is 31.9 Å². The van der Waals surface area contributed by atoms with Gasteiger partial charge >= 0.3 is 7.60 Å². The van der Waals surface area contributed by atoms with Crippen LogP contribution in [0.4, 0.5) is 0 Å². The molecule has 5 nitrogen and oxygen atoms in total. The maximum atomic E-state index is 12.1. The highest BCUT2D eigenvalue weighted by Gasteiger charge is 2.26. The average molecular weight is 378 g/mol. The topological polar surface area (TPSA) is 65.0 Å². The largest absolute Gasteiger partial charge is 0.491 e. The van der Waals surface area contributed by atoms with Crippen LogP contribution >= 0.6 is 7.60 Å². The Morgan fingerprint density at radius 1 is 0.962 bits per heavy atom. The molecule has 2 aromatic rings.